The van der Waals surface area contributed by atoms with E-state index in [0.29, 0.717) is 35.3 Å². The molecule has 0 unspecified atom stereocenters. The van der Waals surface area contributed by atoms with Gasteiger partial charge >= 0.3 is 0 Å². The fraction of sp³-hybridized carbons (Fsp3) is 0.250. The van der Waals surface area contributed by atoms with Crippen molar-refractivity contribution in [3.63, 3.8) is 0 Å². The Morgan fingerprint density at radius 1 is 1.03 bits per heavy atom. The summed E-state index contributed by atoms with van der Waals surface area (Å²) in [7, 11) is 3.13. The highest BCUT2D eigenvalue weighted by molar-refractivity contribution is 5.93. The van der Waals surface area contributed by atoms with E-state index in [4.69, 9.17) is 14.2 Å². The molecule has 1 heterocycles. The second kappa shape index (κ2) is 10.9. The molecular formula is C24H26N4O4. The lowest BCUT2D eigenvalue weighted by Gasteiger charge is -2.09. The molecule has 1 N–H and O–H groups in total. The van der Waals surface area contributed by atoms with Crippen LogP contribution in [0.1, 0.15) is 29.9 Å². The van der Waals surface area contributed by atoms with Crippen molar-refractivity contribution in [3.8, 4) is 28.5 Å². The summed E-state index contributed by atoms with van der Waals surface area (Å²) in [5.74, 6) is 2.01. The van der Waals surface area contributed by atoms with Crippen molar-refractivity contribution in [1.82, 2.24) is 15.4 Å². The number of ether oxygens (including phenoxy) is 3. The van der Waals surface area contributed by atoms with Crippen molar-refractivity contribution in [2.75, 3.05) is 20.8 Å². The molecule has 0 bridgehead atoms. The molecule has 166 valence electrons. The maximum atomic E-state index is 12.5. The molecule has 2 aromatic carbocycles. The van der Waals surface area contributed by atoms with Gasteiger partial charge in [-0.15, -0.1) is 0 Å². The zero-order valence-corrected chi connectivity index (χ0v) is 18.5. The Morgan fingerprint density at radius 2 is 1.72 bits per heavy atom. The maximum absolute atomic E-state index is 12.5. The summed E-state index contributed by atoms with van der Waals surface area (Å²) in [5.41, 5.74) is 4.74. The SMILES string of the molecule is COc1cc(/C=N/NC(=O)c2cncc(-c3ccc(OCC(C)C)cc3)n2)cc(OC)c1. The van der Waals surface area contributed by atoms with Crippen LogP contribution in [0.15, 0.2) is 60.0 Å². The summed E-state index contributed by atoms with van der Waals surface area (Å²) in [4.78, 5) is 21.0. The zero-order chi connectivity index (χ0) is 22.9. The molecule has 0 aliphatic rings. The van der Waals surface area contributed by atoms with Gasteiger partial charge in [0.2, 0.25) is 0 Å². The molecule has 0 aliphatic heterocycles. The Labute approximate surface area is 187 Å². The average molecular weight is 434 g/mol. The highest BCUT2D eigenvalue weighted by atomic mass is 16.5. The van der Waals surface area contributed by atoms with Gasteiger partial charge in [-0.3, -0.25) is 9.78 Å². The highest BCUT2D eigenvalue weighted by Crippen LogP contribution is 2.22. The number of nitrogens with zero attached hydrogens (tertiary/aromatic N) is 3. The van der Waals surface area contributed by atoms with Crippen LogP contribution in [0.2, 0.25) is 0 Å². The van der Waals surface area contributed by atoms with Crippen LogP contribution < -0.4 is 19.6 Å². The minimum atomic E-state index is -0.470. The number of aromatic nitrogens is 2. The molecule has 0 fully saturated rings. The van der Waals surface area contributed by atoms with E-state index >= 15 is 0 Å². The first-order chi connectivity index (χ1) is 15.5. The molecule has 0 radical (unpaired) electrons. The van der Waals surface area contributed by atoms with Crippen LogP contribution in [-0.4, -0.2) is 42.9 Å². The summed E-state index contributed by atoms with van der Waals surface area (Å²) >= 11 is 0. The van der Waals surface area contributed by atoms with Crippen molar-refractivity contribution in [2.45, 2.75) is 13.8 Å². The van der Waals surface area contributed by atoms with Crippen molar-refractivity contribution in [1.29, 1.82) is 0 Å². The number of hydrogen-bond donors (Lipinski definition) is 1. The second-order valence-electron chi connectivity index (χ2n) is 7.36. The van der Waals surface area contributed by atoms with E-state index in [1.54, 1.807) is 38.6 Å². The normalized spacial score (nSPS) is 10.9. The molecule has 0 saturated heterocycles. The Hall–Kier alpha value is -3.94. The van der Waals surface area contributed by atoms with Crippen LogP contribution in [-0.2, 0) is 0 Å². The van der Waals surface area contributed by atoms with E-state index in [0.717, 1.165) is 11.3 Å². The number of carbonyl (C=O) groups is 1. The molecule has 1 amide bonds. The summed E-state index contributed by atoms with van der Waals surface area (Å²) in [5, 5.41) is 4.00. The molecule has 0 saturated carbocycles. The van der Waals surface area contributed by atoms with Crippen LogP contribution >= 0.6 is 0 Å². The van der Waals surface area contributed by atoms with E-state index < -0.39 is 5.91 Å². The van der Waals surface area contributed by atoms with Crippen molar-refractivity contribution >= 4 is 12.1 Å². The van der Waals surface area contributed by atoms with Gasteiger partial charge in [0.05, 0.1) is 45.1 Å². The first-order valence-electron chi connectivity index (χ1n) is 10.1. The molecule has 8 nitrogen and oxygen atoms in total. The first-order valence-corrected chi connectivity index (χ1v) is 10.1. The molecule has 0 atom stereocenters. The minimum Gasteiger partial charge on any atom is -0.497 e. The van der Waals surface area contributed by atoms with Crippen LogP contribution in [0.3, 0.4) is 0 Å². The molecule has 1 aromatic heterocycles. The summed E-state index contributed by atoms with van der Waals surface area (Å²) in [6, 6.07) is 12.8. The number of rotatable bonds is 9. The molecular weight excluding hydrogens is 408 g/mol. The lowest BCUT2D eigenvalue weighted by atomic mass is 10.1. The third-order valence-corrected chi connectivity index (χ3v) is 4.35. The Morgan fingerprint density at radius 3 is 2.34 bits per heavy atom. The van der Waals surface area contributed by atoms with Crippen LogP contribution in [0, 0.1) is 5.92 Å². The third kappa shape index (κ3) is 6.28. The van der Waals surface area contributed by atoms with Gasteiger partial charge in [0, 0.05) is 17.2 Å². The summed E-state index contributed by atoms with van der Waals surface area (Å²) in [6.07, 6.45) is 4.49. The van der Waals surface area contributed by atoms with Gasteiger partial charge in [-0.25, -0.2) is 10.4 Å². The minimum absolute atomic E-state index is 0.156. The monoisotopic (exact) mass is 434 g/mol. The van der Waals surface area contributed by atoms with E-state index in [1.807, 2.05) is 24.3 Å². The van der Waals surface area contributed by atoms with Crippen molar-refractivity contribution < 1.29 is 19.0 Å². The summed E-state index contributed by atoms with van der Waals surface area (Å²) < 4.78 is 16.1. The number of hydrazone groups is 1. The molecule has 3 rings (SSSR count). The topological polar surface area (TPSA) is 94.9 Å². The lowest BCUT2D eigenvalue weighted by Crippen LogP contribution is -2.19. The van der Waals surface area contributed by atoms with Crippen LogP contribution in [0.25, 0.3) is 11.3 Å². The first kappa shape index (κ1) is 22.7. The van der Waals surface area contributed by atoms with E-state index in [2.05, 4.69) is 34.3 Å². The van der Waals surface area contributed by atoms with Gasteiger partial charge < -0.3 is 14.2 Å². The van der Waals surface area contributed by atoms with Crippen LogP contribution in [0.5, 0.6) is 17.2 Å². The van der Waals surface area contributed by atoms with Crippen molar-refractivity contribution in [2.24, 2.45) is 11.0 Å². The van der Waals surface area contributed by atoms with Gasteiger partial charge in [-0.2, -0.15) is 5.10 Å². The van der Waals surface area contributed by atoms with Gasteiger partial charge in [0.15, 0.2) is 0 Å². The summed E-state index contributed by atoms with van der Waals surface area (Å²) in [6.45, 7) is 4.84. The van der Waals surface area contributed by atoms with Gasteiger partial charge in [0.25, 0.3) is 5.91 Å². The molecule has 32 heavy (non-hydrogen) atoms. The fourth-order valence-corrected chi connectivity index (χ4v) is 2.73. The van der Waals surface area contributed by atoms with E-state index in [9.17, 15) is 4.79 Å². The maximum Gasteiger partial charge on any atom is 0.291 e. The predicted molar refractivity (Wildman–Crippen MR) is 122 cm³/mol. The Kier molecular flexibility index (Phi) is 7.75. The number of carbonyl (C=O) groups excluding carboxylic acids is 1. The predicted octanol–water partition coefficient (Wildman–Crippen LogP) is 3.96. The third-order valence-electron chi connectivity index (χ3n) is 4.35. The quantitative estimate of drug-likeness (QED) is 0.405. The Balaban J connectivity index is 1.67. The number of benzene rings is 2. The number of hydrogen-bond acceptors (Lipinski definition) is 7. The molecule has 0 aliphatic carbocycles. The largest absolute Gasteiger partial charge is 0.497 e. The van der Waals surface area contributed by atoms with Gasteiger partial charge in [-0.05, 0) is 42.3 Å². The van der Waals surface area contributed by atoms with Crippen LogP contribution in [0.4, 0.5) is 0 Å². The van der Waals surface area contributed by atoms with E-state index in [1.165, 1.54) is 12.4 Å². The smallest absolute Gasteiger partial charge is 0.291 e. The lowest BCUT2D eigenvalue weighted by molar-refractivity contribution is 0.0950. The molecule has 3 aromatic rings. The van der Waals surface area contributed by atoms with Gasteiger partial charge in [0.1, 0.15) is 22.9 Å². The molecule has 0 spiro atoms. The zero-order valence-electron chi connectivity index (χ0n) is 18.5. The average Bonchev–Trinajstić information content (AvgIpc) is 2.82. The standard InChI is InChI=1S/C24H26N4O4/c1-16(2)15-32-19-7-5-18(6-8-19)22-13-25-14-23(27-22)24(29)28-26-12-17-9-20(30-3)11-21(10-17)31-4/h5-14,16H,15H2,1-4H3,(H,28,29)/b26-12+. The number of methoxy groups -OCH3 is 2. The van der Waals surface area contributed by atoms with Gasteiger partial charge in [-0.1, -0.05) is 13.8 Å². The van der Waals surface area contributed by atoms with E-state index in [-0.39, 0.29) is 5.69 Å². The highest BCUT2D eigenvalue weighted by Gasteiger charge is 2.10. The van der Waals surface area contributed by atoms with Crippen molar-refractivity contribution in [3.05, 3.63) is 66.1 Å². The second-order valence-corrected chi connectivity index (χ2v) is 7.36. The Bertz CT molecular complexity index is 1060. The molecule has 8 heteroatoms. The number of nitrogens with one attached hydrogen (secondary N) is 1. The number of amides is 1. The fourth-order valence-electron chi connectivity index (χ4n) is 2.73.